The van der Waals surface area contributed by atoms with E-state index >= 15 is 0 Å². The van der Waals surface area contributed by atoms with Gasteiger partial charge < -0.3 is 21.1 Å². The van der Waals surface area contributed by atoms with Crippen LogP contribution in [0.25, 0.3) is 10.9 Å². The second-order valence-electron chi connectivity index (χ2n) is 5.29. The molecule has 0 atom stereocenters. The van der Waals surface area contributed by atoms with Gasteiger partial charge in [0, 0.05) is 29.2 Å². The number of H-pyrrole nitrogens is 1. The molecule has 0 aliphatic rings. The van der Waals surface area contributed by atoms with E-state index in [9.17, 15) is 5.11 Å². The first-order valence-electron chi connectivity index (χ1n) is 7.53. The minimum atomic E-state index is 0.236. The summed E-state index contributed by atoms with van der Waals surface area (Å²) in [4.78, 5) is 3.17. The zero-order valence-electron chi connectivity index (χ0n) is 13.1. The van der Waals surface area contributed by atoms with Crippen molar-refractivity contribution in [2.75, 3.05) is 6.54 Å². The van der Waals surface area contributed by atoms with E-state index in [-0.39, 0.29) is 5.75 Å². The zero-order chi connectivity index (χ0) is 15.9. The van der Waals surface area contributed by atoms with E-state index in [1.165, 1.54) is 12.8 Å². The van der Waals surface area contributed by atoms with Crippen molar-refractivity contribution in [3.8, 4) is 5.75 Å². The number of fused-ring (bicyclic) bond motifs is 1. The summed E-state index contributed by atoms with van der Waals surface area (Å²) in [5.74, 6) is 0.547. The fourth-order valence-corrected chi connectivity index (χ4v) is 2.30. The Bertz CT molecular complexity index is 687. The van der Waals surface area contributed by atoms with Crippen molar-refractivity contribution in [1.29, 1.82) is 0 Å². The largest absolute Gasteiger partial charge is 0.508 e. The van der Waals surface area contributed by atoms with Crippen molar-refractivity contribution >= 4 is 23.1 Å². The number of hydrogen-bond donors (Lipinski definition) is 4. The number of nitrogens with one attached hydrogen (secondary N) is 2. The van der Waals surface area contributed by atoms with Crippen LogP contribution in [0.2, 0.25) is 0 Å². The van der Waals surface area contributed by atoms with Gasteiger partial charge in [-0.2, -0.15) is 5.10 Å². The minimum absolute atomic E-state index is 0.236. The summed E-state index contributed by atoms with van der Waals surface area (Å²) in [5.41, 5.74) is 8.55. The smallest absolute Gasteiger partial charge is 0.213 e. The Morgan fingerprint density at radius 3 is 3.00 bits per heavy atom. The third kappa shape index (κ3) is 4.00. The average Bonchev–Trinajstić information content (AvgIpc) is 2.87. The predicted octanol–water partition coefficient (Wildman–Crippen LogP) is 2.61. The van der Waals surface area contributed by atoms with E-state index in [1.807, 2.05) is 13.1 Å². The van der Waals surface area contributed by atoms with Gasteiger partial charge in [-0.15, -0.1) is 5.10 Å². The van der Waals surface area contributed by atoms with E-state index in [4.69, 9.17) is 5.73 Å². The third-order valence-corrected chi connectivity index (χ3v) is 3.45. The quantitative estimate of drug-likeness (QED) is 0.286. The summed E-state index contributed by atoms with van der Waals surface area (Å²) in [5, 5.41) is 21.5. The van der Waals surface area contributed by atoms with Crippen LogP contribution in [0.15, 0.2) is 28.5 Å². The molecule has 0 unspecified atom stereocenters. The number of rotatable bonds is 6. The Balaban J connectivity index is 2.04. The first kappa shape index (κ1) is 15.9. The van der Waals surface area contributed by atoms with Crippen molar-refractivity contribution in [3.63, 3.8) is 0 Å². The fraction of sp³-hybridized carbons (Fsp3) is 0.375. The second kappa shape index (κ2) is 7.49. The summed E-state index contributed by atoms with van der Waals surface area (Å²) in [6.45, 7) is 4.90. The Labute approximate surface area is 130 Å². The highest BCUT2D eigenvalue weighted by Crippen LogP contribution is 2.25. The van der Waals surface area contributed by atoms with Crippen LogP contribution < -0.4 is 11.1 Å². The van der Waals surface area contributed by atoms with Crippen LogP contribution in [0.3, 0.4) is 0 Å². The van der Waals surface area contributed by atoms with Gasteiger partial charge in [-0.05, 0) is 31.0 Å². The van der Waals surface area contributed by atoms with Crippen LogP contribution in [0, 0.1) is 6.92 Å². The van der Waals surface area contributed by atoms with Crippen LogP contribution in [-0.2, 0) is 0 Å². The monoisotopic (exact) mass is 301 g/mol. The van der Waals surface area contributed by atoms with E-state index in [0.717, 1.165) is 35.0 Å². The van der Waals surface area contributed by atoms with Crippen molar-refractivity contribution < 1.29 is 5.11 Å². The van der Waals surface area contributed by atoms with Gasteiger partial charge in [-0.1, -0.05) is 19.8 Å². The lowest BCUT2D eigenvalue weighted by molar-refractivity contribution is 0.476. The normalized spacial score (nSPS) is 12.4. The number of phenols is 1. The summed E-state index contributed by atoms with van der Waals surface area (Å²) in [7, 11) is 0. The van der Waals surface area contributed by atoms with E-state index in [1.54, 1.807) is 18.3 Å². The number of unbranched alkanes of at least 4 members (excludes halogenated alkanes) is 2. The molecule has 0 amide bonds. The summed E-state index contributed by atoms with van der Waals surface area (Å²) >= 11 is 0. The molecular formula is C16H23N5O. The van der Waals surface area contributed by atoms with Crippen LogP contribution in [0.1, 0.15) is 37.3 Å². The molecule has 0 bridgehead atoms. The first-order valence-corrected chi connectivity index (χ1v) is 7.53. The molecule has 118 valence electrons. The Morgan fingerprint density at radius 1 is 1.41 bits per heavy atom. The number of aromatic nitrogens is 1. The van der Waals surface area contributed by atoms with Crippen LogP contribution in [-0.4, -0.2) is 28.8 Å². The maximum atomic E-state index is 9.69. The molecule has 0 radical (unpaired) electrons. The lowest BCUT2D eigenvalue weighted by Crippen LogP contribution is -2.31. The Morgan fingerprint density at radius 2 is 2.23 bits per heavy atom. The van der Waals surface area contributed by atoms with Crippen molar-refractivity contribution in [2.45, 2.75) is 33.1 Å². The van der Waals surface area contributed by atoms with E-state index in [2.05, 4.69) is 27.4 Å². The van der Waals surface area contributed by atoms with Gasteiger partial charge in [0.05, 0.1) is 6.21 Å². The lowest BCUT2D eigenvalue weighted by Gasteiger charge is -2.02. The van der Waals surface area contributed by atoms with Gasteiger partial charge in [0.25, 0.3) is 0 Å². The van der Waals surface area contributed by atoms with Gasteiger partial charge in [0.2, 0.25) is 5.96 Å². The molecule has 0 fully saturated rings. The summed E-state index contributed by atoms with van der Waals surface area (Å²) in [6, 6.07) is 3.42. The third-order valence-electron chi connectivity index (χ3n) is 3.45. The van der Waals surface area contributed by atoms with Crippen molar-refractivity contribution in [3.05, 3.63) is 29.5 Å². The van der Waals surface area contributed by atoms with Gasteiger partial charge in [-0.3, -0.25) is 0 Å². The molecule has 22 heavy (non-hydrogen) atoms. The highest BCUT2D eigenvalue weighted by Gasteiger charge is 2.05. The molecule has 1 heterocycles. The van der Waals surface area contributed by atoms with Crippen LogP contribution in [0.5, 0.6) is 5.75 Å². The Kier molecular flexibility index (Phi) is 5.41. The standard InChI is InChI=1S/C16H23N5O/c1-3-4-5-6-18-16(17)21-20-10-12-9-19-15-11(2)7-13(22)8-14(12)15/h7-10,19,22H,3-6H2,1-2H3,(H3,17,18,21). The molecule has 1 aromatic heterocycles. The number of nitrogens with zero attached hydrogens (tertiary/aromatic N) is 2. The maximum absolute atomic E-state index is 9.69. The molecule has 0 aliphatic heterocycles. The van der Waals surface area contributed by atoms with Gasteiger partial charge in [0.1, 0.15) is 5.75 Å². The Hall–Kier alpha value is -2.50. The highest BCUT2D eigenvalue weighted by molar-refractivity contribution is 6.00. The van der Waals surface area contributed by atoms with Crippen molar-refractivity contribution in [1.82, 2.24) is 10.3 Å². The number of phenolic OH excluding ortho intramolecular Hbond substituents is 1. The number of nitrogens with two attached hydrogens (primary N) is 1. The van der Waals surface area contributed by atoms with Crippen LogP contribution >= 0.6 is 0 Å². The number of hydrogen-bond acceptors (Lipinski definition) is 3. The minimum Gasteiger partial charge on any atom is -0.508 e. The molecule has 6 heteroatoms. The number of guanidine groups is 1. The van der Waals surface area contributed by atoms with Crippen LogP contribution in [0.4, 0.5) is 0 Å². The zero-order valence-corrected chi connectivity index (χ0v) is 13.1. The maximum Gasteiger partial charge on any atom is 0.213 e. The van der Waals surface area contributed by atoms with E-state index in [0.29, 0.717) is 5.96 Å². The molecular weight excluding hydrogens is 278 g/mol. The second-order valence-corrected chi connectivity index (χ2v) is 5.29. The van der Waals surface area contributed by atoms with Gasteiger partial charge in [0.15, 0.2) is 0 Å². The van der Waals surface area contributed by atoms with E-state index < -0.39 is 0 Å². The first-order chi connectivity index (χ1) is 10.6. The molecule has 1 aromatic carbocycles. The van der Waals surface area contributed by atoms with Gasteiger partial charge >= 0.3 is 0 Å². The van der Waals surface area contributed by atoms with Gasteiger partial charge in [-0.25, -0.2) is 0 Å². The summed E-state index contributed by atoms with van der Waals surface area (Å²) in [6.07, 6.45) is 6.86. The molecule has 5 N–H and O–H groups in total. The molecule has 0 spiro atoms. The molecule has 0 saturated heterocycles. The number of aromatic amines is 1. The predicted molar refractivity (Wildman–Crippen MR) is 91.4 cm³/mol. The molecule has 2 rings (SSSR count). The highest BCUT2D eigenvalue weighted by atomic mass is 16.3. The number of aryl methyl sites for hydroxylation is 1. The fourth-order valence-electron chi connectivity index (χ4n) is 2.30. The summed E-state index contributed by atoms with van der Waals surface area (Å²) < 4.78 is 0. The molecule has 0 aliphatic carbocycles. The topological polar surface area (TPSA) is 98.8 Å². The molecule has 6 nitrogen and oxygen atoms in total. The molecule has 0 saturated carbocycles. The van der Waals surface area contributed by atoms with Crippen molar-refractivity contribution in [2.24, 2.45) is 15.9 Å². The number of aromatic hydroxyl groups is 1. The lowest BCUT2D eigenvalue weighted by atomic mass is 10.1. The SMILES string of the molecule is CCCCCNC(N)=NN=Cc1c[nH]c2c(C)cc(O)cc12. The molecule has 2 aromatic rings. The number of benzene rings is 1. The average molecular weight is 301 g/mol.